The van der Waals surface area contributed by atoms with Crippen molar-refractivity contribution in [2.24, 2.45) is 0 Å². The van der Waals surface area contributed by atoms with Crippen molar-refractivity contribution >= 4 is 49.4 Å². The molecule has 0 aromatic heterocycles. The first kappa shape index (κ1) is 38.7. The van der Waals surface area contributed by atoms with Gasteiger partial charge in [0.15, 0.2) is 0 Å². The summed E-state index contributed by atoms with van der Waals surface area (Å²) in [6, 6.07) is 6.48. The van der Waals surface area contributed by atoms with Crippen LogP contribution in [0.2, 0.25) is 89.1 Å². The maximum absolute atomic E-state index is 11.7. The van der Waals surface area contributed by atoms with Crippen molar-refractivity contribution in [1.29, 1.82) is 0 Å². The molecule has 4 nitrogen and oxygen atoms in total. The zero-order valence-corrected chi connectivity index (χ0v) is 32.2. The van der Waals surface area contributed by atoms with Gasteiger partial charge in [-0.1, -0.05) is 117 Å². The summed E-state index contributed by atoms with van der Waals surface area (Å²) in [6.07, 6.45) is 1.01. The third-order valence-electron chi connectivity index (χ3n) is 8.58. The van der Waals surface area contributed by atoms with Gasteiger partial charge in [-0.3, -0.25) is 0 Å². The van der Waals surface area contributed by atoms with Crippen LogP contribution in [0.3, 0.4) is 0 Å². The van der Waals surface area contributed by atoms with E-state index < -0.39 is 37.5 Å². The molecule has 0 fully saturated rings. The summed E-state index contributed by atoms with van der Waals surface area (Å²) in [5, 5.41) is 0. The van der Waals surface area contributed by atoms with Gasteiger partial charge in [0.1, 0.15) is 0 Å². The van der Waals surface area contributed by atoms with Gasteiger partial charge in [0, 0.05) is 40.5 Å². The molecule has 218 valence electrons. The lowest BCUT2D eigenvalue weighted by atomic mass is 10.4. The van der Waals surface area contributed by atoms with Crippen LogP contribution < -0.4 is 0 Å². The third kappa shape index (κ3) is 11.6. The van der Waals surface area contributed by atoms with Crippen LogP contribution in [0.5, 0.6) is 0 Å². The number of esters is 2. The molecule has 0 saturated carbocycles. The Balaban J connectivity index is 0. The van der Waals surface area contributed by atoms with E-state index in [2.05, 4.69) is 92.9 Å². The second-order valence-corrected chi connectivity index (χ2v) is 61.0. The van der Waals surface area contributed by atoms with Gasteiger partial charge in [0.25, 0.3) is 0 Å². The Morgan fingerprint density at radius 1 is 0.595 bits per heavy atom. The fraction of sp³-hybridized carbons (Fsp3) is 0.786. The number of carbonyl (C=O) groups excluding carboxylic acids is 2. The summed E-state index contributed by atoms with van der Waals surface area (Å²) in [7, 11) is -4.81. The van der Waals surface area contributed by atoms with Crippen molar-refractivity contribution < 1.29 is 19.1 Å². The average molecular weight is 603 g/mol. The predicted molar refractivity (Wildman–Crippen MR) is 179 cm³/mol. The molecule has 0 amide bonds. The van der Waals surface area contributed by atoms with Crippen LogP contribution in [0.4, 0.5) is 0 Å². The number of rotatable bonds is 15. The average Bonchev–Trinajstić information content (AvgIpc) is 2.74. The van der Waals surface area contributed by atoms with Crippen molar-refractivity contribution in [3.8, 4) is 0 Å². The second-order valence-electron chi connectivity index (χ2n) is 13.9. The molecule has 0 heterocycles. The highest BCUT2D eigenvalue weighted by Crippen LogP contribution is 2.40. The zero-order valence-electron chi connectivity index (χ0n) is 27.2. The van der Waals surface area contributed by atoms with Gasteiger partial charge in [0.05, 0.1) is 21.3 Å². The Hall–Kier alpha value is -0.496. The van der Waals surface area contributed by atoms with E-state index in [-0.39, 0.29) is 11.9 Å². The molecule has 0 saturated heterocycles. The number of hydrogen-bond acceptors (Lipinski definition) is 4. The molecule has 0 aromatic carbocycles. The van der Waals surface area contributed by atoms with E-state index in [0.717, 1.165) is 6.42 Å². The Morgan fingerprint density at radius 2 is 0.919 bits per heavy atom. The number of hydrogen-bond donors (Lipinski definition) is 0. The second kappa shape index (κ2) is 15.9. The van der Waals surface area contributed by atoms with Crippen molar-refractivity contribution in [3.05, 3.63) is 24.3 Å². The topological polar surface area (TPSA) is 52.6 Å². The summed E-state index contributed by atoms with van der Waals surface area (Å²) >= 11 is 0. The molecule has 0 radical (unpaired) electrons. The van der Waals surface area contributed by atoms with E-state index >= 15 is 0 Å². The zero-order chi connectivity index (χ0) is 29.9. The van der Waals surface area contributed by atoms with Gasteiger partial charge >= 0.3 is 11.9 Å². The monoisotopic (exact) mass is 602 g/mol. The molecular weight excluding hydrogens is 541 g/mol. The van der Waals surface area contributed by atoms with E-state index in [4.69, 9.17) is 9.47 Å². The van der Waals surface area contributed by atoms with Gasteiger partial charge in [-0.2, -0.15) is 0 Å². The molecule has 37 heavy (non-hydrogen) atoms. The van der Waals surface area contributed by atoms with Gasteiger partial charge in [-0.25, -0.2) is 9.59 Å². The van der Waals surface area contributed by atoms with Gasteiger partial charge in [-0.05, 0) is 26.3 Å². The van der Waals surface area contributed by atoms with Gasteiger partial charge in [-0.15, -0.1) is 0 Å². The Morgan fingerprint density at radius 3 is 1.19 bits per heavy atom. The van der Waals surface area contributed by atoms with Gasteiger partial charge < -0.3 is 9.47 Å². The first-order valence-electron chi connectivity index (χ1n) is 14.2. The molecular formula is C28H62O4Si5. The maximum atomic E-state index is 11.7. The molecule has 0 atom stereocenters. The van der Waals surface area contributed by atoms with Crippen molar-refractivity contribution in [1.82, 2.24) is 0 Å². The van der Waals surface area contributed by atoms with E-state index in [9.17, 15) is 9.59 Å². The highest BCUT2D eigenvalue weighted by atomic mass is 29.9. The Bertz CT molecular complexity index is 710. The molecule has 0 unspecified atom stereocenters. The highest BCUT2D eigenvalue weighted by molar-refractivity contribution is 7.89. The molecule has 0 N–H and O–H groups in total. The summed E-state index contributed by atoms with van der Waals surface area (Å²) in [4.78, 5) is 22.9. The molecule has 0 aliphatic carbocycles. The molecule has 0 spiro atoms. The molecule has 0 bridgehead atoms. The van der Waals surface area contributed by atoms with Crippen LogP contribution in [-0.2, 0) is 19.1 Å². The van der Waals surface area contributed by atoms with Crippen LogP contribution in [0.1, 0.15) is 41.0 Å². The number of ether oxygens (including phenoxy) is 2. The number of carbonyl (C=O) groups is 2. The first-order valence-corrected chi connectivity index (χ1v) is 32.8. The lowest BCUT2D eigenvalue weighted by Gasteiger charge is -2.57. The first-order chi connectivity index (χ1) is 16.6. The van der Waals surface area contributed by atoms with Crippen LogP contribution in [0.15, 0.2) is 24.3 Å². The fourth-order valence-electron chi connectivity index (χ4n) is 6.94. The van der Waals surface area contributed by atoms with Gasteiger partial charge in [0.2, 0.25) is 0 Å². The summed E-state index contributed by atoms with van der Waals surface area (Å²) < 4.78 is 10.6. The largest absolute Gasteiger partial charge is 0.463 e. The summed E-state index contributed by atoms with van der Waals surface area (Å²) in [6.45, 7) is 40.4. The standard InChI is InChI=1S/C15H36O2Si4.C13H26O2Si/c1-14(2)15(16)17-12-13-21(18(3,4)5,19(6,7)8)20(9,10)11;1-6-16(7-2,8-3)11-9-10-15-13(14)12(4)5/h1,12-13H2,2-11H3;4,6-11H2,1-3,5H3. The van der Waals surface area contributed by atoms with Crippen LogP contribution in [0, 0.1) is 0 Å². The quantitative estimate of drug-likeness (QED) is 0.0813. The summed E-state index contributed by atoms with van der Waals surface area (Å²) in [5.74, 6) is -0.476. The van der Waals surface area contributed by atoms with Crippen LogP contribution in [0.25, 0.3) is 0 Å². The van der Waals surface area contributed by atoms with Crippen LogP contribution >= 0.6 is 0 Å². The minimum atomic E-state index is -1.39. The lowest BCUT2D eigenvalue weighted by Crippen LogP contribution is -2.82. The van der Waals surface area contributed by atoms with Crippen molar-refractivity contribution in [3.63, 3.8) is 0 Å². The van der Waals surface area contributed by atoms with Crippen molar-refractivity contribution in [2.45, 2.75) is 130 Å². The summed E-state index contributed by atoms with van der Waals surface area (Å²) in [5.41, 5.74) is 1.00. The molecule has 9 heteroatoms. The maximum Gasteiger partial charge on any atom is 0.333 e. The Labute approximate surface area is 235 Å². The van der Waals surface area contributed by atoms with Crippen molar-refractivity contribution in [2.75, 3.05) is 13.2 Å². The molecule has 0 aliphatic rings. The fourth-order valence-corrected chi connectivity index (χ4v) is 108. The predicted octanol–water partition coefficient (Wildman–Crippen LogP) is 8.81. The minimum absolute atomic E-state index is 0.223. The van der Waals surface area contributed by atoms with Crippen LogP contribution in [-0.4, -0.2) is 62.6 Å². The third-order valence-corrected chi connectivity index (χ3v) is 88.9. The van der Waals surface area contributed by atoms with E-state index in [1.165, 1.54) is 30.2 Å². The lowest BCUT2D eigenvalue weighted by molar-refractivity contribution is -0.139. The molecule has 0 rings (SSSR count). The molecule has 0 aromatic rings. The smallest absolute Gasteiger partial charge is 0.333 e. The normalized spacial score (nSPS) is 12.8. The SMILES string of the molecule is C=C(C)C(=O)OCCC[Si](CC)(CC)CC.C=C(C)C(=O)OCC[Si]([Si](C)(C)C)([Si](C)(C)C)[Si](C)(C)C. The highest BCUT2D eigenvalue weighted by Gasteiger charge is 2.60. The minimum Gasteiger partial charge on any atom is -0.463 e. The Kier molecular flexibility index (Phi) is 16.6. The van der Waals surface area contributed by atoms with E-state index in [1.54, 1.807) is 13.8 Å². The van der Waals surface area contributed by atoms with E-state index in [1.807, 2.05) is 0 Å². The molecule has 0 aliphatic heterocycles. The van der Waals surface area contributed by atoms with E-state index in [0.29, 0.717) is 24.4 Å².